The summed E-state index contributed by atoms with van der Waals surface area (Å²) >= 11 is 0. The fraction of sp³-hybridized carbons (Fsp3) is 0.933. The van der Waals surface area contributed by atoms with Gasteiger partial charge in [-0.3, -0.25) is 0 Å². The molecule has 0 rings (SSSR count). The lowest BCUT2D eigenvalue weighted by Crippen LogP contribution is -2.52. The lowest BCUT2D eigenvalue weighted by Gasteiger charge is -2.32. The number of rotatable bonds is 8. The van der Waals surface area contributed by atoms with E-state index < -0.39 is 5.60 Å². The van der Waals surface area contributed by atoms with Crippen LogP contribution in [0.5, 0.6) is 0 Å². The second kappa shape index (κ2) is 7.84. The average Bonchev–Trinajstić information content (AvgIpc) is 2.31. The third kappa shape index (κ3) is 8.38. The maximum absolute atomic E-state index is 11.7. The van der Waals surface area contributed by atoms with Crippen LogP contribution in [0, 0.1) is 5.92 Å². The number of likely N-dealkylation sites (N-methyl/N-ethyl adjacent to an activating group) is 1. The highest BCUT2D eigenvalue weighted by Gasteiger charge is 2.23. The van der Waals surface area contributed by atoms with Crippen molar-refractivity contribution in [3.63, 3.8) is 0 Å². The second-order valence-corrected chi connectivity index (χ2v) is 7.17. The van der Waals surface area contributed by atoms with Gasteiger partial charge >= 0.3 is 6.03 Å². The predicted molar refractivity (Wildman–Crippen MR) is 83.9 cm³/mol. The molecule has 0 spiro atoms. The van der Waals surface area contributed by atoms with Crippen LogP contribution in [0.25, 0.3) is 0 Å². The molecule has 0 radical (unpaired) electrons. The van der Waals surface area contributed by atoms with Crippen molar-refractivity contribution < 1.29 is 9.90 Å². The van der Waals surface area contributed by atoms with E-state index in [4.69, 9.17) is 0 Å². The number of nitrogens with zero attached hydrogens (tertiary/aromatic N) is 1. The molecule has 20 heavy (non-hydrogen) atoms. The Bertz CT molecular complexity index is 299. The van der Waals surface area contributed by atoms with Crippen LogP contribution in [0.15, 0.2) is 0 Å². The third-order valence-electron chi connectivity index (χ3n) is 3.78. The van der Waals surface area contributed by atoms with Crippen LogP contribution in [0.3, 0.4) is 0 Å². The van der Waals surface area contributed by atoms with Gasteiger partial charge in [0.15, 0.2) is 0 Å². The van der Waals surface area contributed by atoms with Crippen LogP contribution < -0.4 is 10.6 Å². The summed E-state index contributed by atoms with van der Waals surface area (Å²) in [6.45, 7) is 11.0. The molecule has 120 valence electrons. The quantitative estimate of drug-likeness (QED) is 0.638. The molecule has 1 unspecified atom stereocenters. The van der Waals surface area contributed by atoms with Crippen molar-refractivity contribution in [1.29, 1.82) is 0 Å². The van der Waals surface area contributed by atoms with Gasteiger partial charge < -0.3 is 20.6 Å². The first-order valence-corrected chi connectivity index (χ1v) is 7.38. The van der Waals surface area contributed by atoms with E-state index in [9.17, 15) is 9.90 Å². The largest absolute Gasteiger partial charge is 0.388 e. The lowest BCUT2D eigenvalue weighted by molar-refractivity contribution is 0.0475. The molecule has 3 N–H and O–H groups in total. The number of nitrogens with one attached hydrogen (secondary N) is 2. The van der Waals surface area contributed by atoms with E-state index in [1.807, 2.05) is 14.1 Å². The normalized spacial score (nSPS) is 15.3. The minimum absolute atomic E-state index is 0.0997. The molecule has 0 bridgehead atoms. The summed E-state index contributed by atoms with van der Waals surface area (Å²) in [6.07, 6.45) is 1.64. The molecule has 0 aromatic rings. The van der Waals surface area contributed by atoms with Crippen LogP contribution >= 0.6 is 0 Å². The van der Waals surface area contributed by atoms with Gasteiger partial charge in [0.05, 0.1) is 5.60 Å². The Hall–Kier alpha value is -0.810. The lowest BCUT2D eigenvalue weighted by atomic mass is 9.95. The van der Waals surface area contributed by atoms with Gasteiger partial charge in [0.25, 0.3) is 0 Å². The monoisotopic (exact) mass is 287 g/mol. The standard InChI is InChI=1S/C15H33N3O2/c1-12(2)8-9-15(5,20)11-17-13(19)16-10-14(3,4)18(6)7/h12,20H,8-11H2,1-7H3,(H2,16,17,19). The number of carbonyl (C=O) groups is 1. The minimum atomic E-state index is -0.849. The zero-order valence-electron chi connectivity index (χ0n) is 14.2. The summed E-state index contributed by atoms with van der Waals surface area (Å²) in [5, 5.41) is 15.8. The van der Waals surface area contributed by atoms with Crippen LogP contribution in [0.2, 0.25) is 0 Å². The first-order valence-electron chi connectivity index (χ1n) is 7.38. The SMILES string of the molecule is CC(C)CCC(C)(O)CNC(=O)NCC(C)(C)N(C)C. The topological polar surface area (TPSA) is 64.6 Å². The number of urea groups is 1. The van der Waals surface area contributed by atoms with E-state index >= 15 is 0 Å². The molecule has 0 aromatic heterocycles. The van der Waals surface area contributed by atoms with E-state index in [0.29, 0.717) is 18.9 Å². The molecule has 0 saturated carbocycles. The number of hydrogen-bond acceptors (Lipinski definition) is 3. The van der Waals surface area contributed by atoms with Crippen LogP contribution in [0.4, 0.5) is 4.79 Å². The van der Waals surface area contributed by atoms with Gasteiger partial charge in [0.1, 0.15) is 0 Å². The number of carbonyl (C=O) groups excluding carboxylic acids is 1. The maximum Gasteiger partial charge on any atom is 0.314 e. The van der Waals surface area contributed by atoms with Crippen molar-refractivity contribution in [2.45, 2.75) is 58.6 Å². The first-order chi connectivity index (χ1) is 8.96. The third-order valence-corrected chi connectivity index (χ3v) is 3.78. The van der Waals surface area contributed by atoms with Crippen LogP contribution in [-0.2, 0) is 0 Å². The molecule has 0 heterocycles. The van der Waals surface area contributed by atoms with Gasteiger partial charge in [0.2, 0.25) is 0 Å². The molecule has 0 aliphatic rings. The molecule has 0 aliphatic carbocycles. The van der Waals surface area contributed by atoms with Crippen molar-refractivity contribution in [3.05, 3.63) is 0 Å². The zero-order chi connectivity index (χ0) is 16.0. The number of amides is 2. The summed E-state index contributed by atoms with van der Waals surface area (Å²) < 4.78 is 0. The molecule has 1 atom stereocenters. The molecule has 0 aliphatic heterocycles. The van der Waals surface area contributed by atoms with Crippen LogP contribution in [0.1, 0.15) is 47.5 Å². The Morgan fingerprint density at radius 3 is 2.10 bits per heavy atom. The Morgan fingerprint density at radius 1 is 1.15 bits per heavy atom. The van der Waals surface area contributed by atoms with Gasteiger partial charge in [-0.05, 0) is 53.6 Å². The molecular formula is C15H33N3O2. The summed E-state index contributed by atoms with van der Waals surface area (Å²) in [5.74, 6) is 0.552. The fourth-order valence-corrected chi connectivity index (χ4v) is 1.48. The summed E-state index contributed by atoms with van der Waals surface area (Å²) in [4.78, 5) is 13.8. The van der Waals surface area contributed by atoms with Gasteiger partial charge in [-0.25, -0.2) is 4.79 Å². The van der Waals surface area contributed by atoms with E-state index in [0.717, 1.165) is 6.42 Å². The molecule has 2 amide bonds. The number of aliphatic hydroxyl groups is 1. The van der Waals surface area contributed by atoms with Crippen molar-refractivity contribution in [2.75, 3.05) is 27.2 Å². The number of hydrogen-bond donors (Lipinski definition) is 3. The Morgan fingerprint density at radius 2 is 1.65 bits per heavy atom. The Labute approximate surface area is 124 Å². The minimum Gasteiger partial charge on any atom is -0.388 e. The fourth-order valence-electron chi connectivity index (χ4n) is 1.48. The van der Waals surface area contributed by atoms with Crippen molar-refractivity contribution in [3.8, 4) is 0 Å². The van der Waals surface area contributed by atoms with E-state index in [1.54, 1.807) is 6.92 Å². The highest BCUT2D eigenvalue weighted by Crippen LogP contribution is 2.15. The summed E-state index contributed by atoms with van der Waals surface area (Å²) in [6, 6.07) is -0.232. The predicted octanol–water partition coefficient (Wildman–Crippen LogP) is 1.81. The second-order valence-electron chi connectivity index (χ2n) is 7.17. The smallest absolute Gasteiger partial charge is 0.314 e. The summed E-state index contributed by atoms with van der Waals surface area (Å²) in [7, 11) is 3.96. The molecule has 5 heteroatoms. The highest BCUT2D eigenvalue weighted by molar-refractivity contribution is 5.74. The molecule has 0 fully saturated rings. The van der Waals surface area contributed by atoms with E-state index in [-0.39, 0.29) is 18.1 Å². The highest BCUT2D eigenvalue weighted by atomic mass is 16.3. The van der Waals surface area contributed by atoms with Gasteiger partial charge in [-0.1, -0.05) is 13.8 Å². The zero-order valence-corrected chi connectivity index (χ0v) is 14.2. The van der Waals surface area contributed by atoms with Gasteiger partial charge in [0, 0.05) is 18.6 Å². The van der Waals surface area contributed by atoms with Gasteiger partial charge in [-0.2, -0.15) is 0 Å². The maximum atomic E-state index is 11.7. The van der Waals surface area contributed by atoms with Gasteiger partial charge in [-0.15, -0.1) is 0 Å². The van der Waals surface area contributed by atoms with Crippen LogP contribution in [-0.4, -0.2) is 54.4 Å². The van der Waals surface area contributed by atoms with E-state index in [2.05, 4.69) is 43.2 Å². The molecule has 0 aromatic carbocycles. The Kier molecular flexibility index (Phi) is 7.52. The Balaban J connectivity index is 4.04. The van der Waals surface area contributed by atoms with Crippen molar-refractivity contribution >= 4 is 6.03 Å². The molecule has 0 saturated heterocycles. The van der Waals surface area contributed by atoms with Crippen molar-refractivity contribution in [1.82, 2.24) is 15.5 Å². The average molecular weight is 287 g/mol. The molecule has 5 nitrogen and oxygen atoms in total. The summed E-state index contributed by atoms with van der Waals surface area (Å²) in [5.41, 5.74) is -0.948. The first kappa shape index (κ1) is 19.2. The van der Waals surface area contributed by atoms with Crippen molar-refractivity contribution in [2.24, 2.45) is 5.92 Å². The molecular weight excluding hydrogens is 254 g/mol. The van der Waals surface area contributed by atoms with E-state index in [1.165, 1.54) is 0 Å².